The summed E-state index contributed by atoms with van der Waals surface area (Å²) in [6.07, 6.45) is -0.354. The minimum atomic E-state index is -0.787. The maximum atomic E-state index is 10.2. The number of nitrogens with one attached hydrogen (secondary N) is 1. The van der Waals surface area contributed by atoms with Crippen LogP contribution in [0.3, 0.4) is 0 Å². The molecule has 1 aliphatic heterocycles. The van der Waals surface area contributed by atoms with Crippen LogP contribution in [-0.4, -0.2) is 48.5 Å². The number of aliphatic hydroxyl groups excluding tert-OH is 2. The average Bonchev–Trinajstić information content (AvgIpc) is 3.35. The van der Waals surface area contributed by atoms with Crippen LogP contribution in [0.4, 0.5) is 17.5 Å². The molecule has 0 aliphatic carbocycles. The standard InChI is InChI=1S/C22H22N6O3/c23-20-19-21(25-12-24-20)28(18-10-16(30)17(11-29)31-18)22(27-19)26-15-8-6-14(7-9-15)13-4-2-1-3-5-13/h1-9,12,16-18,29-30H,10-11H2,(H,26,27)(H2,23,24,25)/t16-,17+,18+/m0/s1. The van der Waals surface area contributed by atoms with Gasteiger partial charge in [0, 0.05) is 12.1 Å². The molecule has 5 rings (SSSR count). The van der Waals surface area contributed by atoms with Crippen LogP contribution in [0.15, 0.2) is 60.9 Å². The van der Waals surface area contributed by atoms with E-state index in [0.717, 1.165) is 16.8 Å². The van der Waals surface area contributed by atoms with Crippen molar-refractivity contribution in [3.05, 3.63) is 60.9 Å². The van der Waals surface area contributed by atoms with E-state index >= 15 is 0 Å². The quantitative estimate of drug-likeness (QED) is 0.389. The minimum absolute atomic E-state index is 0.253. The van der Waals surface area contributed by atoms with E-state index in [1.54, 1.807) is 4.57 Å². The van der Waals surface area contributed by atoms with Gasteiger partial charge in [0.2, 0.25) is 5.95 Å². The van der Waals surface area contributed by atoms with E-state index in [0.29, 0.717) is 23.5 Å². The summed E-state index contributed by atoms with van der Waals surface area (Å²) < 4.78 is 7.60. The largest absolute Gasteiger partial charge is 0.394 e. The Morgan fingerprint density at radius 1 is 1.06 bits per heavy atom. The molecule has 9 heteroatoms. The maximum absolute atomic E-state index is 10.2. The summed E-state index contributed by atoms with van der Waals surface area (Å²) in [4.78, 5) is 12.9. The monoisotopic (exact) mass is 418 g/mol. The van der Waals surface area contributed by atoms with E-state index in [2.05, 4.69) is 32.4 Å². The Balaban J connectivity index is 1.50. The van der Waals surface area contributed by atoms with Crippen molar-refractivity contribution < 1.29 is 14.9 Å². The smallest absolute Gasteiger partial charge is 0.211 e. The van der Waals surface area contributed by atoms with Crippen molar-refractivity contribution in [2.45, 2.75) is 24.9 Å². The molecule has 0 radical (unpaired) electrons. The number of rotatable bonds is 5. The van der Waals surface area contributed by atoms with Gasteiger partial charge in [-0.2, -0.15) is 0 Å². The molecule has 1 aliphatic rings. The number of ether oxygens (including phenoxy) is 1. The fraction of sp³-hybridized carbons (Fsp3) is 0.227. The second-order valence-electron chi connectivity index (χ2n) is 7.42. The summed E-state index contributed by atoms with van der Waals surface area (Å²) >= 11 is 0. The summed E-state index contributed by atoms with van der Waals surface area (Å²) in [5.74, 6) is 0.717. The number of aliphatic hydroxyl groups is 2. The molecule has 0 spiro atoms. The molecule has 0 saturated carbocycles. The van der Waals surface area contributed by atoms with Crippen molar-refractivity contribution >= 4 is 28.6 Å². The lowest BCUT2D eigenvalue weighted by Crippen LogP contribution is -2.24. The van der Waals surface area contributed by atoms with Crippen molar-refractivity contribution in [3.63, 3.8) is 0 Å². The van der Waals surface area contributed by atoms with Gasteiger partial charge in [-0.25, -0.2) is 15.0 Å². The van der Waals surface area contributed by atoms with Gasteiger partial charge in [0.15, 0.2) is 17.0 Å². The van der Waals surface area contributed by atoms with Gasteiger partial charge in [-0.1, -0.05) is 42.5 Å². The van der Waals surface area contributed by atoms with Crippen LogP contribution in [-0.2, 0) is 4.74 Å². The van der Waals surface area contributed by atoms with Gasteiger partial charge < -0.3 is 26.0 Å². The Labute approximate surface area is 178 Å². The molecular weight excluding hydrogens is 396 g/mol. The van der Waals surface area contributed by atoms with Crippen molar-refractivity contribution in [2.24, 2.45) is 0 Å². The normalized spacial score (nSPS) is 20.9. The first kappa shape index (κ1) is 19.4. The molecule has 0 unspecified atom stereocenters. The number of nitrogens with zero attached hydrogens (tertiary/aromatic N) is 4. The molecule has 31 heavy (non-hydrogen) atoms. The molecule has 4 aromatic rings. The van der Waals surface area contributed by atoms with Crippen LogP contribution in [0.2, 0.25) is 0 Å². The first-order valence-corrected chi connectivity index (χ1v) is 9.99. The van der Waals surface area contributed by atoms with Crippen LogP contribution in [0, 0.1) is 0 Å². The molecule has 158 valence electrons. The minimum Gasteiger partial charge on any atom is -0.394 e. The summed E-state index contributed by atoms with van der Waals surface area (Å²) in [5.41, 5.74) is 10.00. The highest BCUT2D eigenvalue weighted by molar-refractivity contribution is 5.84. The predicted octanol–water partition coefficient (Wildman–Crippen LogP) is 2.46. The third-order valence-corrected chi connectivity index (χ3v) is 5.43. The van der Waals surface area contributed by atoms with E-state index in [4.69, 9.17) is 10.5 Å². The Kier molecular flexibility index (Phi) is 4.99. The molecule has 3 heterocycles. The van der Waals surface area contributed by atoms with Gasteiger partial charge in [0.05, 0.1) is 12.7 Å². The average molecular weight is 418 g/mol. The molecule has 0 bridgehead atoms. The van der Waals surface area contributed by atoms with E-state index < -0.39 is 18.4 Å². The highest BCUT2D eigenvalue weighted by Gasteiger charge is 2.37. The maximum Gasteiger partial charge on any atom is 0.211 e. The van der Waals surface area contributed by atoms with Crippen LogP contribution in [0.25, 0.3) is 22.3 Å². The molecule has 5 N–H and O–H groups in total. The third-order valence-electron chi connectivity index (χ3n) is 5.43. The zero-order valence-corrected chi connectivity index (χ0v) is 16.6. The van der Waals surface area contributed by atoms with E-state index in [1.165, 1.54) is 6.33 Å². The molecule has 2 aromatic heterocycles. The Morgan fingerprint density at radius 3 is 2.52 bits per heavy atom. The van der Waals surface area contributed by atoms with Gasteiger partial charge >= 0.3 is 0 Å². The zero-order chi connectivity index (χ0) is 21.4. The highest BCUT2D eigenvalue weighted by Crippen LogP contribution is 2.35. The molecule has 1 fully saturated rings. The molecule has 1 saturated heterocycles. The van der Waals surface area contributed by atoms with Gasteiger partial charge in [0.25, 0.3) is 0 Å². The number of imidazole rings is 1. The Bertz CT molecular complexity index is 1200. The number of nitrogen functional groups attached to an aromatic ring is 1. The van der Waals surface area contributed by atoms with Gasteiger partial charge in [-0.05, 0) is 23.3 Å². The summed E-state index contributed by atoms with van der Waals surface area (Å²) in [6, 6.07) is 18.1. The second-order valence-corrected chi connectivity index (χ2v) is 7.42. The number of fused-ring (bicyclic) bond motifs is 1. The van der Waals surface area contributed by atoms with Crippen LogP contribution in [0.1, 0.15) is 12.6 Å². The Morgan fingerprint density at radius 2 is 1.81 bits per heavy atom. The van der Waals surface area contributed by atoms with Crippen molar-refractivity contribution in [1.82, 2.24) is 19.5 Å². The fourth-order valence-corrected chi connectivity index (χ4v) is 3.83. The Hall–Kier alpha value is -3.53. The number of nitrogens with two attached hydrogens (primary N) is 1. The number of hydrogen-bond donors (Lipinski definition) is 4. The number of aromatic nitrogens is 4. The first-order valence-electron chi connectivity index (χ1n) is 9.99. The molecule has 0 amide bonds. The molecule has 9 nitrogen and oxygen atoms in total. The second kappa shape index (κ2) is 7.95. The number of hydrogen-bond acceptors (Lipinski definition) is 8. The molecule has 2 aromatic carbocycles. The lowest BCUT2D eigenvalue weighted by molar-refractivity contribution is -0.0425. The number of anilines is 3. The zero-order valence-electron chi connectivity index (χ0n) is 16.6. The van der Waals surface area contributed by atoms with Gasteiger partial charge in [0.1, 0.15) is 18.7 Å². The van der Waals surface area contributed by atoms with E-state index in [1.807, 2.05) is 42.5 Å². The lowest BCUT2D eigenvalue weighted by atomic mass is 10.1. The van der Waals surface area contributed by atoms with E-state index in [-0.39, 0.29) is 12.4 Å². The van der Waals surface area contributed by atoms with E-state index in [9.17, 15) is 10.2 Å². The summed E-state index contributed by atoms with van der Waals surface area (Å²) in [5, 5.41) is 23.0. The lowest BCUT2D eigenvalue weighted by Gasteiger charge is -2.17. The van der Waals surface area contributed by atoms with Gasteiger partial charge in [-0.3, -0.25) is 4.57 Å². The van der Waals surface area contributed by atoms with Crippen LogP contribution in [0.5, 0.6) is 0 Å². The van der Waals surface area contributed by atoms with Crippen LogP contribution < -0.4 is 11.1 Å². The first-order chi connectivity index (χ1) is 15.1. The van der Waals surface area contributed by atoms with Crippen molar-refractivity contribution in [2.75, 3.05) is 17.7 Å². The SMILES string of the molecule is Nc1ncnc2c1nc(Nc1ccc(-c3ccccc3)cc1)n2[C@H]1C[C@H](O)[C@@H](CO)O1. The van der Waals surface area contributed by atoms with Crippen molar-refractivity contribution in [3.8, 4) is 11.1 Å². The van der Waals surface area contributed by atoms with Crippen molar-refractivity contribution in [1.29, 1.82) is 0 Å². The van der Waals surface area contributed by atoms with Gasteiger partial charge in [-0.15, -0.1) is 0 Å². The topological polar surface area (TPSA) is 131 Å². The fourth-order valence-electron chi connectivity index (χ4n) is 3.83. The molecule has 3 atom stereocenters. The molecular formula is C22H22N6O3. The predicted molar refractivity (Wildman–Crippen MR) is 117 cm³/mol. The summed E-state index contributed by atoms with van der Waals surface area (Å²) in [7, 11) is 0. The number of benzene rings is 2. The third kappa shape index (κ3) is 3.59. The highest BCUT2D eigenvalue weighted by atomic mass is 16.5. The summed E-state index contributed by atoms with van der Waals surface area (Å²) in [6.45, 7) is -0.273. The van der Waals surface area contributed by atoms with Crippen LogP contribution >= 0.6 is 0 Å².